The van der Waals surface area contributed by atoms with Crippen molar-refractivity contribution in [3.8, 4) is 0 Å². The first-order chi connectivity index (χ1) is 17.9. The van der Waals surface area contributed by atoms with Crippen LogP contribution >= 0.6 is 11.6 Å². The van der Waals surface area contributed by atoms with Gasteiger partial charge in [0.05, 0.1) is 41.4 Å². The van der Waals surface area contributed by atoms with Gasteiger partial charge in [0.2, 0.25) is 0 Å². The van der Waals surface area contributed by atoms with Crippen LogP contribution in [0.1, 0.15) is 15.9 Å². The minimum atomic E-state index is -3.80. The molecule has 196 valence electrons. The molecule has 4 aromatic rings. The van der Waals surface area contributed by atoms with Crippen molar-refractivity contribution in [3.63, 3.8) is 0 Å². The molecule has 5 rings (SSSR count). The molecule has 4 heterocycles. The highest BCUT2D eigenvalue weighted by Crippen LogP contribution is 2.32. The number of hydrogen-bond acceptors (Lipinski definition) is 8. The maximum atomic E-state index is 13.7. The largest absolute Gasteiger partial charge is 0.382 e. The lowest BCUT2D eigenvalue weighted by Gasteiger charge is -2.39. The minimum Gasteiger partial charge on any atom is -0.382 e. The summed E-state index contributed by atoms with van der Waals surface area (Å²) in [5.41, 5.74) is 7.25. The van der Waals surface area contributed by atoms with E-state index >= 15 is 0 Å². The third-order valence-corrected chi connectivity index (χ3v) is 7.32. The van der Waals surface area contributed by atoms with E-state index in [2.05, 4.69) is 15.0 Å². The molecular formula is C25H21ClF2N6O3S. The van der Waals surface area contributed by atoms with Crippen molar-refractivity contribution in [2.45, 2.75) is 17.5 Å². The maximum absolute atomic E-state index is 13.7. The minimum absolute atomic E-state index is 0.0344. The molecular weight excluding hydrogens is 538 g/mol. The molecule has 13 heteroatoms. The lowest BCUT2D eigenvalue weighted by molar-refractivity contribution is -0.0267. The average Bonchev–Trinajstić information content (AvgIpc) is 2.86. The zero-order valence-electron chi connectivity index (χ0n) is 20.0. The number of fused-ring (bicyclic) bond motifs is 1. The van der Waals surface area contributed by atoms with E-state index in [9.17, 15) is 22.0 Å². The Labute approximate surface area is 221 Å². The molecule has 1 saturated heterocycles. The highest BCUT2D eigenvalue weighted by Gasteiger charge is 2.44. The Morgan fingerprint density at radius 3 is 2.58 bits per heavy atom. The number of carbonyl (C=O) groups is 1. The van der Waals surface area contributed by atoms with Gasteiger partial charge in [-0.15, -0.1) is 0 Å². The number of hydrogen-bond donors (Lipinski definition) is 1. The zero-order chi connectivity index (χ0) is 27.2. The van der Waals surface area contributed by atoms with Crippen LogP contribution in [0.2, 0.25) is 5.02 Å². The normalized spacial score (nSPS) is 14.8. The Balaban J connectivity index is 1.53. The second-order valence-electron chi connectivity index (χ2n) is 8.99. The molecule has 0 atom stereocenters. The Morgan fingerprint density at radius 2 is 1.92 bits per heavy atom. The van der Waals surface area contributed by atoms with Gasteiger partial charge >= 0.3 is 0 Å². The summed E-state index contributed by atoms with van der Waals surface area (Å²) in [6.45, 7) is -0.926. The van der Waals surface area contributed by atoms with Crippen LogP contribution in [-0.4, -0.2) is 54.5 Å². The quantitative estimate of drug-likeness (QED) is 0.377. The second kappa shape index (κ2) is 9.44. The fourth-order valence-corrected chi connectivity index (χ4v) is 5.12. The predicted octanol–water partition coefficient (Wildman–Crippen LogP) is 3.97. The van der Waals surface area contributed by atoms with Crippen LogP contribution in [0.15, 0.2) is 66.0 Å². The van der Waals surface area contributed by atoms with Crippen molar-refractivity contribution < 1.29 is 22.0 Å². The molecule has 3 aromatic heterocycles. The van der Waals surface area contributed by atoms with E-state index < -0.39 is 34.8 Å². The average molecular weight is 559 g/mol. The molecule has 0 saturated carbocycles. The number of alkyl halides is 2. The highest BCUT2D eigenvalue weighted by atomic mass is 35.5. The first-order valence-electron chi connectivity index (χ1n) is 11.3. The first kappa shape index (κ1) is 25.7. The summed E-state index contributed by atoms with van der Waals surface area (Å²) in [4.78, 5) is 28.9. The number of carbonyl (C=O) groups excluding carboxylic acids is 1. The number of halogens is 3. The van der Waals surface area contributed by atoms with Crippen LogP contribution < -0.4 is 15.5 Å². The van der Waals surface area contributed by atoms with Gasteiger partial charge < -0.3 is 15.5 Å². The molecule has 0 spiro atoms. The van der Waals surface area contributed by atoms with Gasteiger partial charge in [0.15, 0.2) is 14.9 Å². The van der Waals surface area contributed by atoms with Crippen LogP contribution in [0.4, 0.5) is 26.1 Å². The van der Waals surface area contributed by atoms with Gasteiger partial charge in [-0.25, -0.2) is 32.2 Å². The molecule has 38 heavy (non-hydrogen) atoms. The van der Waals surface area contributed by atoms with E-state index in [1.165, 1.54) is 46.5 Å². The van der Waals surface area contributed by atoms with Gasteiger partial charge in [-0.05, 0) is 42.0 Å². The van der Waals surface area contributed by atoms with E-state index in [-0.39, 0.29) is 28.6 Å². The lowest BCUT2D eigenvalue weighted by atomic mass is 10.1. The van der Waals surface area contributed by atoms with Crippen LogP contribution in [0.5, 0.6) is 0 Å². The molecule has 1 fully saturated rings. The number of nitrogens with zero attached hydrogens (tertiary/aromatic N) is 5. The summed E-state index contributed by atoms with van der Waals surface area (Å²) < 4.78 is 51.5. The van der Waals surface area contributed by atoms with Crippen molar-refractivity contribution >= 4 is 55.6 Å². The number of sulfone groups is 1. The van der Waals surface area contributed by atoms with E-state index in [4.69, 9.17) is 17.3 Å². The van der Waals surface area contributed by atoms with Crippen LogP contribution in [-0.2, 0) is 16.4 Å². The summed E-state index contributed by atoms with van der Waals surface area (Å²) in [5.74, 6) is -2.85. The lowest BCUT2D eigenvalue weighted by Crippen LogP contribution is -2.56. The van der Waals surface area contributed by atoms with Gasteiger partial charge in [-0.1, -0.05) is 23.7 Å². The Kier molecular flexibility index (Phi) is 6.40. The summed E-state index contributed by atoms with van der Waals surface area (Å²) in [5, 5.41) is 0.782. The molecule has 1 amide bonds. The van der Waals surface area contributed by atoms with Gasteiger partial charge in [0.1, 0.15) is 11.6 Å². The summed E-state index contributed by atoms with van der Waals surface area (Å²) in [7, 11) is -3.80. The molecule has 0 aliphatic carbocycles. The number of pyridine rings is 3. The second-order valence-corrected chi connectivity index (χ2v) is 11.3. The first-order valence-corrected chi connectivity index (χ1v) is 13.6. The Hall–Kier alpha value is -3.90. The summed E-state index contributed by atoms with van der Waals surface area (Å²) in [6, 6.07) is 12.9. The smallest absolute Gasteiger partial charge is 0.282 e. The molecule has 1 aliphatic heterocycles. The molecule has 0 radical (unpaired) electrons. The van der Waals surface area contributed by atoms with Crippen LogP contribution in [0, 0.1) is 0 Å². The predicted molar refractivity (Wildman–Crippen MR) is 140 cm³/mol. The fourth-order valence-electron chi connectivity index (χ4n) is 4.15. The number of nitrogen functional groups attached to an aromatic ring is 1. The van der Waals surface area contributed by atoms with E-state index in [1.54, 1.807) is 24.3 Å². The third kappa shape index (κ3) is 5.09. The third-order valence-electron chi connectivity index (χ3n) is 6.00. The number of amides is 1. The van der Waals surface area contributed by atoms with Crippen molar-refractivity contribution in [1.82, 2.24) is 15.0 Å². The van der Waals surface area contributed by atoms with Gasteiger partial charge in [0, 0.05) is 24.0 Å². The summed E-state index contributed by atoms with van der Waals surface area (Å²) in [6.07, 6.45) is 3.61. The fraction of sp³-hybridized carbons (Fsp3) is 0.200. The van der Waals surface area contributed by atoms with Gasteiger partial charge in [0.25, 0.3) is 11.8 Å². The number of anilines is 3. The van der Waals surface area contributed by atoms with Crippen LogP contribution in [0.25, 0.3) is 10.9 Å². The Bertz CT molecular complexity index is 1660. The standard InChI is InChI=1S/C25H21ClF2N6O3S/c1-38(36,37)23-20(3-2-8-30-23)34(12-15-4-5-16-10-18(26)22(29)32-19(16)9-15)24(35)17-6-7-21(31-11-17)33-13-25(27,28)14-33/h2-11H,12-14H2,1H3,(H2,29,32). The van der Waals surface area contributed by atoms with E-state index in [1.807, 2.05) is 0 Å². The monoisotopic (exact) mass is 558 g/mol. The number of nitrogens with two attached hydrogens (primary N) is 1. The van der Waals surface area contributed by atoms with Gasteiger partial charge in [-0.3, -0.25) is 4.79 Å². The van der Waals surface area contributed by atoms with Crippen molar-refractivity contribution in [3.05, 3.63) is 77.1 Å². The summed E-state index contributed by atoms with van der Waals surface area (Å²) >= 11 is 6.07. The molecule has 0 unspecified atom stereocenters. The Morgan fingerprint density at radius 1 is 1.16 bits per heavy atom. The molecule has 0 bridgehead atoms. The number of aromatic nitrogens is 3. The SMILES string of the molecule is CS(=O)(=O)c1ncccc1N(Cc1ccc2cc(Cl)c(N)nc2c1)C(=O)c1ccc(N2CC(F)(F)C2)nc1. The molecule has 1 aromatic carbocycles. The molecule has 2 N–H and O–H groups in total. The van der Waals surface area contributed by atoms with Crippen LogP contribution in [0.3, 0.4) is 0 Å². The van der Waals surface area contributed by atoms with Crippen molar-refractivity contribution in [1.29, 1.82) is 0 Å². The number of rotatable bonds is 6. The maximum Gasteiger partial charge on any atom is 0.282 e. The van der Waals surface area contributed by atoms with Crippen molar-refractivity contribution in [2.24, 2.45) is 0 Å². The molecule has 1 aliphatic rings. The zero-order valence-corrected chi connectivity index (χ0v) is 21.5. The van der Waals surface area contributed by atoms with E-state index in [0.717, 1.165) is 11.6 Å². The number of benzene rings is 1. The topological polar surface area (TPSA) is 122 Å². The molecule has 9 nitrogen and oxygen atoms in total. The van der Waals surface area contributed by atoms with Crippen molar-refractivity contribution in [2.75, 3.05) is 34.9 Å². The van der Waals surface area contributed by atoms with E-state index in [0.29, 0.717) is 21.9 Å². The van der Waals surface area contributed by atoms with Gasteiger partial charge in [-0.2, -0.15) is 0 Å². The highest BCUT2D eigenvalue weighted by molar-refractivity contribution is 7.90.